The molecule has 3 nitrogen and oxygen atoms in total. The number of likely N-dealkylation sites (N-methyl/N-ethyl adjacent to an activating group) is 3. The predicted molar refractivity (Wildman–Crippen MR) is 95.5 cm³/mol. The lowest BCUT2D eigenvalue weighted by molar-refractivity contribution is 0.00345. The number of rotatable bonds is 11. The van der Waals surface area contributed by atoms with E-state index in [0.717, 1.165) is 10.2 Å². The van der Waals surface area contributed by atoms with Crippen LogP contribution in [0.25, 0.3) is 0 Å². The minimum atomic E-state index is 0.215. The predicted octanol–water partition coefficient (Wildman–Crippen LogP) is 1.81. The van der Waals surface area contributed by atoms with Crippen LogP contribution in [-0.4, -0.2) is 78.6 Å². The van der Waals surface area contributed by atoms with Gasteiger partial charge >= 0.3 is 0 Å². The van der Waals surface area contributed by atoms with Crippen LogP contribution in [0.2, 0.25) is 0 Å². The van der Waals surface area contributed by atoms with E-state index in [4.69, 9.17) is 0 Å². The Morgan fingerprint density at radius 3 is 1.65 bits per heavy atom. The second-order valence-corrected chi connectivity index (χ2v) is 8.39. The van der Waals surface area contributed by atoms with E-state index in [9.17, 15) is 0 Å². The molecule has 4 heteroatoms. The number of hydrogen-bond donors (Lipinski definition) is 0. The van der Waals surface area contributed by atoms with Gasteiger partial charge in [0.25, 0.3) is 0 Å². The van der Waals surface area contributed by atoms with E-state index < -0.39 is 0 Å². The highest BCUT2D eigenvalue weighted by atomic mass is 28.1. The van der Waals surface area contributed by atoms with Gasteiger partial charge in [0.05, 0.1) is 5.29 Å². The lowest BCUT2D eigenvalue weighted by atomic mass is 10.0. The van der Waals surface area contributed by atoms with Gasteiger partial charge in [0, 0.05) is 16.3 Å². The van der Waals surface area contributed by atoms with Gasteiger partial charge in [0.1, 0.15) is 0 Å². The van der Waals surface area contributed by atoms with Gasteiger partial charge in [0.2, 0.25) is 0 Å². The molecule has 1 atom stereocenters. The molecule has 0 amide bonds. The second-order valence-electron chi connectivity index (χ2n) is 6.92. The molecular formula is C16H39N3Si. The Morgan fingerprint density at radius 2 is 1.25 bits per heavy atom. The first-order valence-corrected chi connectivity index (χ1v) is 9.29. The fourth-order valence-corrected chi connectivity index (χ4v) is 3.94. The van der Waals surface area contributed by atoms with Crippen LogP contribution in [0.3, 0.4) is 0 Å². The van der Waals surface area contributed by atoms with E-state index in [1.807, 2.05) is 0 Å². The normalized spacial score (nSPS) is 14.7. The average Bonchev–Trinajstić information content (AvgIpc) is 2.36. The van der Waals surface area contributed by atoms with Crippen LogP contribution in [0.5, 0.6) is 0 Å². The second kappa shape index (κ2) is 9.93. The van der Waals surface area contributed by atoms with E-state index in [1.54, 1.807) is 0 Å². The Bertz CT molecular complexity index is 234. The smallest absolute Gasteiger partial charge is 0.0666 e. The van der Waals surface area contributed by atoms with Crippen molar-refractivity contribution in [2.24, 2.45) is 0 Å². The van der Waals surface area contributed by atoms with E-state index in [2.05, 4.69) is 63.9 Å². The van der Waals surface area contributed by atoms with Crippen LogP contribution in [0.15, 0.2) is 0 Å². The van der Waals surface area contributed by atoms with Crippen molar-refractivity contribution >= 4 is 10.2 Å². The van der Waals surface area contributed by atoms with Gasteiger partial charge in [-0.15, -0.1) is 0 Å². The average molecular weight is 302 g/mol. The largest absolute Gasteiger partial charge is 0.304 e. The molecule has 0 rings (SSSR count). The van der Waals surface area contributed by atoms with Crippen molar-refractivity contribution in [3.63, 3.8) is 0 Å². The quantitative estimate of drug-likeness (QED) is 0.327. The minimum absolute atomic E-state index is 0.215. The lowest BCUT2D eigenvalue weighted by Crippen LogP contribution is -2.66. The Labute approximate surface area is 131 Å². The third-order valence-electron chi connectivity index (χ3n) is 4.90. The topological polar surface area (TPSA) is 9.72 Å². The van der Waals surface area contributed by atoms with Gasteiger partial charge in [-0.3, -0.25) is 9.80 Å². The van der Waals surface area contributed by atoms with E-state index in [0.29, 0.717) is 6.04 Å². The summed E-state index contributed by atoms with van der Waals surface area (Å²) in [6.45, 7) is 2.28. The van der Waals surface area contributed by atoms with Gasteiger partial charge in [-0.2, -0.15) is 0 Å². The maximum Gasteiger partial charge on any atom is 0.0666 e. The van der Waals surface area contributed by atoms with Gasteiger partial charge in [0.15, 0.2) is 0 Å². The molecule has 122 valence electrons. The van der Waals surface area contributed by atoms with Crippen LogP contribution in [0.4, 0.5) is 0 Å². The number of hydrogen-bond acceptors (Lipinski definition) is 3. The lowest BCUT2D eigenvalue weighted by Gasteiger charge is -2.50. The van der Waals surface area contributed by atoms with Crippen LogP contribution < -0.4 is 0 Å². The number of unbranched alkanes of at least 4 members (excludes halogenated alkanes) is 5. The van der Waals surface area contributed by atoms with Crippen molar-refractivity contribution in [3.05, 3.63) is 0 Å². The fraction of sp³-hybridized carbons (Fsp3) is 1.00. The van der Waals surface area contributed by atoms with E-state index >= 15 is 0 Å². The molecule has 0 aromatic heterocycles. The molecule has 0 heterocycles. The van der Waals surface area contributed by atoms with Gasteiger partial charge < -0.3 is 4.90 Å². The maximum atomic E-state index is 2.43. The third-order valence-corrected chi connectivity index (χ3v) is 7.35. The monoisotopic (exact) mass is 301 g/mol. The highest BCUT2D eigenvalue weighted by Crippen LogP contribution is 2.24. The molecule has 0 spiro atoms. The van der Waals surface area contributed by atoms with Gasteiger partial charge in [-0.1, -0.05) is 45.4 Å². The molecule has 0 N–H and O–H groups in total. The zero-order chi connectivity index (χ0) is 15.8. The summed E-state index contributed by atoms with van der Waals surface area (Å²) in [5, 5.41) is 0.215. The van der Waals surface area contributed by atoms with Crippen LogP contribution in [-0.2, 0) is 0 Å². The molecule has 0 fully saturated rings. The Balaban J connectivity index is 4.48. The molecule has 0 radical (unpaired) electrons. The number of nitrogens with zero attached hydrogens (tertiary/aromatic N) is 3. The third kappa shape index (κ3) is 5.84. The molecule has 0 aliphatic carbocycles. The first-order valence-electron chi connectivity index (χ1n) is 8.29. The van der Waals surface area contributed by atoms with E-state index in [-0.39, 0.29) is 5.29 Å². The molecule has 0 aromatic rings. The first-order chi connectivity index (χ1) is 9.28. The summed E-state index contributed by atoms with van der Waals surface area (Å²) in [4.78, 5) is 7.26. The summed E-state index contributed by atoms with van der Waals surface area (Å²) in [6, 6.07) is 0.616. The SMILES string of the molecule is CCCCCCCCC(N(C)C)C([SiH3])(N(C)C)N(C)C. The standard InChI is InChI=1S/C16H39N3Si/c1-8-9-10-11-12-13-14-15(17(2)3)16(20,18(4)5)19(6)7/h15H,8-14H2,1-7,20H3. The summed E-state index contributed by atoms with van der Waals surface area (Å²) in [7, 11) is 14.5. The zero-order valence-corrected chi connectivity index (χ0v) is 17.4. The molecule has 1 unspecified atom stereocenters. The van der Waals surface area contributed by atoms with Crippen LogP contribution >= 0.6 is 0 Å². The molecule has 0 aliphatic heterocycles. The van der Waals surface area contributed by atoms with E-state index in [1.165, 1.54) is 44.9 Å². The molecule has 0 saturated heterocycles. The maximum absolute atomic E-state index is 2.43. The highest BCUT2D eigenvalue weighted by Gasteiger charge is 2.38. The summed E-state index contributed by atoms with van der Waals surface area (Å²) in [5.74, 6) is 0. The van der Waals surface area contributed by atoms with Crippen molar-refractivity contribution in [1.82, 2.24) is 14.7 Å². The van der Waals surface area contributed by atoms with Crippen molar-refractivity contribution in [3.8, 4) is 0 Å². The van der Waals surface area contributed by atoms with Gasteiger partial charge in [-0.05, 0) is 48.7 Å². The zero-order valence-electron chi connectivity index (χ0n) is 15.4. The Hall–Kier alpha value is 0.0969. The molecule has 0 aliphatic rings. The molecule has 20 heavy (non-hydrogen) atoms. The summed E-state index contributed by atoms with van der Waals surface area (Å²) in [6.07, 6.45) is 9.62. The fourth-order valence-electron chi connectivity index (χ4n) is 3.13. The highest BCUT2D eigenvalue weighted by molar-refractivity contribution is 6.15. The van der Waals surface area contributed by atoms with Crippen molar-refractivity contribution in [2.45, 2.75) is 63.2 Å². The summed E-state index contributed by atoms with van der Waals surface area (Å²) in [5.41, 5.74) is 0. The van der Waals surface area contributed by atoms with Crippen molar-refractivity contribution < 1.29 is 0 Å². The minimum Gasteiger partial charge on any atom is -0.304 e. The van der Waals surface area contributed by atoms with Crippen LogP contribution in [0.1, 0.15) is 51.9 Å². The summed E-state index contributed by atoms with van der Waals surface area (Å²) >= 11 is 0. The Morgan fingerprint density at radius 1 is 0.800 bits per heavy atom. The Kier molecular flexibility index (Phi) is 9.98. The summed E-state index contributed by atoms with van der Waals surface area (Å²) < 4.78 is 0. The van der Waals surface area contributed by atoms with Gasteiger partial charge in [-0.25, -0.2) is 0 Å². The van der Waals surface area contributed by atoms with Crippen molar-refractivity contribution in [1.29, 1.82) is 0 Å². The molecule has 0 bridgehead atoms. The van der Waals surface area contributed by atoms with Crippen molar-refractivity contribution in [2.75, 3.05) is 42.3 Å². The molecule has 0 saturated carbocycles. The molecule has 0 aromatic carbocycles. The van der Waals surface area contributed by atoms with Crippen LogP contribution in [0, 0.1) is 0 Å². The molecular weight excluding hydrogens is 262 g/mol. The first kappa shape index (κ1) is 20.1.